The highest BCUT2D eigenvalue weighted by Gasteiger charge is 2.27. The van der Waals surface area contributed by atoms with Crippen molar-refractivity contribution in [3.8, 4) is 0 Å². The molecule has 94 valence electrons. The second kappa shape index (κ2) is 5.44. The maximum atomic E-state index is 11.2. The molecule has 6 heteroatoms. The first-order valence-electron chi connectivity index (χ1n) is 5.90. The van der Waals surface area contributed by atoms with Crippen molar-refractivity contribution >= 4 is 9.84 Å². The molecule has 0 aromatic heterocycles. The predicted octanol–water partition coefficient (Wildman–Crippen LogP) is -0.905. The van der Waals surface area contributed by atoms with Gasteiger partial charge in [0.15, 0.2) is 9.84 Å². The molecule has 2 fully saturated rings. The zero-order valence-corrected chi connectivity index (χ0v) is 10.3. The second-order valence-electron chi connectivity index (χ2n) is 4.51. The number of rotatable bonds is 4. The van der Waals surface area contributed by atoms with Crippen LogP contribution in [-0.2, 0) is 14.6 Å². The Hall–Kier alpha value is -0.170. The lowest BCUT2D eigenvalue weighted by molar-refractivity contribution is 0.0382. The summed E-state index contributed by atoms with van der Waals surface area (Å²) in [5.74, 6) is 0.665. The van der Waals surface area contributed by atoms with Gasteiger partial charge in [-0.1, -0.05) is 0 Å². The van der Waals surface area contributed by atoms with Crippen molar-refractivity contribution in [1.82, 2.24) is 10.2 Å². The first-order chi connectivity index (χ1) is 7.66. The summed E-state index contributed by atoms with van der Waals surface area (Å²) in [7, 11) is -2.75. The maximum absolute atomic E-state index is 11.2. The van der Waals surface area contributed by atoms with Gasteiger partial charge in [0.2, 0.25) is 0 Å². The quantitative estimate of drug-likeness (QED) is 0.698. The molecule has 0 spiro atoms. The van der Waals surface area contributed by atoms with Gasteiger partial charge in [-0.2, -0.15) is 0 Å². The fraction of sp³-hybridized carbons (Fsp3) is 1.00. The van der Waals surface area contributed by atoms with Gasteiger partial charge in [0.1, 0.15) is 0 Å². The number of nitrogens with zero attached hydrogens (tertiary/aromatic N) is 1. The van der Waals surface area contributed by atoms with E-state index < -0.39 is 9.84 Å². The molecule has 0 radical (unpaired) electrons. The molecule has 0 aliphatic carbocycles. The Bertz CT molecular complexity index is 312. The summed E-state index contributed by atoms with van der Waals surface area (Å²) in [6.45, 7) is 5.48. The highest BCUT2D eigenvalue weighted by Crippen LogP contribution is 2.10. The maximum Gasteiger partial charge on any atom is 0.151 e. The van der Waals surface area contributed by atoms with Crippen LogP contribution in [-0.4, -0.2) is 70.3 Å². The second-order valence-corrected chi connectivity index (χ2v) is 6.74. The summed E-state index contributed by atoms with van der Waals surface area (Å²) >= 11 is 0. The Balaban J connectivity index is 1.61. The first-order valence-corrected chi connectivity index (χ1v) is 7.72. The van der Waals surface area contributed by atoms with Crippen LogP contribution in [0.4, 0.5) is 0 Å². The fourth-order valence-corrected chi connectivity index (χ4v) is 3.92. The molecule has 2 saturated heterocycles. The Morgan fingerprint density at radius 3 is 2.69 bits per heavy atom. The molecule has 5 nitrogen and oxygen atoms in total. The summed E-state index contributed by atoms with van der Waals surface area (Å²) in [5, 5.41) is 3.32. The van der Waals surface area contributed by atoms with Crippen molar-refractivity contribution in [2.45, 2.75) is 12.5 Å². The van der Waals surface area contributed by atoms with Gasteiger partial charge in [0, 0.05) is 32.2 Å². The van der Waals surface area contributed by atoms with Crippen molar-refractivity contribution in [1.29, 1.82) is 0 Å². The molecule has 1 unspecified atom stereocenters. The van der Waals surface area contributed by atoms with E-state index >= 15 is 0 Å². The predicted molar refractivity (Wildman–Crippen MR) is 62.3 cm³/mol. The molecule has 0 bridgehead atoms. The van der Waals surface area contributed by atoms with Crippen LogP contribution in [0.1, 0.15) is 6.42 Å². The van der Waals surface area contributed by atoms with E-state index in [9.17, 15) is 8.42 Å². The average Bonchev–Trinajstić information content (AvgIpc) is 2.60. The van der Waals surface area contributed by atoms with E-state index in [1.165, 1.54) is 0 Å². The normalized spacial score (nSPS) is 30.6. The van der Waals surface area contributed by atoms with Gasteiger partial charge in [-0.05, 0) is 6.42 Å². The van der Waals surface area contributed by atoms with Crippen LogP contribution in [0.5, 0.6) is 0 Å². The van der Waals surface area contributed by atoms with E-state index in [2.05, 4.69) is 10.2 Å². The Morgan fingerprint density at radius 2 is 2.06 bits per heavy atom. The SMILES string of the molecule is O=S1(=O)CCC(NCCN2CCOCC2)C1. The number of morpholine rings is 1. The van der Waals surface area contributed by atoms with Crippen LogP contribution in [0.15, 0.2) is 0 Å². The number of hydrogen-bond acceptors (Lipinski definition) is 5. The van der Waals surface area contributed by atoms with Crippen LogP contribution >= 0.6 is 0 Å². The van der Waals surface area contributed by atoms with E-state index in [4.69, 9.17) is 4.74 Å². The zero-order chi connectivity index (χ0) is 11.4. The van der Waals surface area contributed by atoms with Crippen LogP contribution in [0.25, 0.3) is 0 Å². The van der Waals surface area contributed by atoms with Crippen LogP contribution in [0, 0.1) is 0 Å². The minimum absolute atomic E-state index is 0.172. The molecule has 0 amide bonds. The lowest BCUT2D eigenvalue weighted by Gasteiger charge is -2.27. The van der Waals surface area contributed by atoms with Crippen molar-refractivity contribution in [2.75, 3.05) is 50.9 Å². The van der Waals surface area contributed by atoms with Gasteiger partial charge in [-0.25, -0.2) is 8.42 Å². The molecule has 2 rings (SSSR count). The third-order valence-corrected chi connectivity index (χ3v) is 4.97. The standard InChI is InChI=1S/C10H20N2O3S/c13-16(14)8-1-10(9-16)11-2-3-12-4-6-15-7-5-12/h10-11H,1-9H2. The van der Waals surface area contributed by atoms with E-state index in [-0.39, 0.29) is 6.04 Å². The number of hydrogen-bond donors (Lipinski definition) is 1. The van der Waals surface area contributed by atoms with E-state index in [1.54, 1.807) is 0 Å². The molecule has 2 aliphatic heterocycles. The van der Waals surface area contributed by atoms with Crippen molar-refractivity contribution in [3.05, 3.63) is 0 Å². The van der Waals surface area contributed by atoms with Gasteiger partial charge in [-0.15, -0.1) is 0 Å². The molecule has 1 N–H and O–H groups in total. The molecular weight excluding hydrogens is 228 g/mol. The van der Waals surface area contributed by atoms with E-state index in [0.29, 0.717) is 11.5 Å². The highest BCUT2D eigenvalue weighted by molar-refractivity contribution is 7.91. The van der Waals surface area contributed by atoms with Crippen molar-refractivity contribution < 1.29 is 13.2 Å². The van der Waals surface area contributed by atoms with Crippen molar-refractivity contribution in [3.63, 3.8) is 0 Å². The van der Waals surface area contributed by atoms with Gasteiger partial charge in [0.05, 0.1) is 24.7 Å². The Morgan fingerprint density at radius 1 is 1.31 bits per heavy atom. The summed E-state index contributed by atoms with van der Waals surface area (Å²) in [6, 6.07) is 0.172. The molecule has 1 atom stereocenters. The topological polar surface area (TPSA) is 58.6 Å². The Labute approximate surface area is 97.1 Å². The summed E-state index contributed by atoms with van der Waals surface area (Å²) < 4.78 is 27.7. The summed E-state index contributed by atoms with van der Waals surface area (Å²) in [6.07, 6.45) is 0.769. The van der Waals surface area contributed by atoms with Crippen LogP contribution in [0.2, 0.25) is 0 Å². The van der Waals surface area contributed by atoms with E-state index in [1.807, 2.05) is 0 Å². The van der Waals surface area contributed by atoms with Gasteiger partial charge >= 0.3 is 0 Å². The molecule has 0 aromatic carbocycles. The number of ether oxygens (including phenoxy) is 1. The molecule has 2 heterocycles. The largest absolute Gasteiger partial charge is 0.379 e. The third kappa shape index (κ3) is 3.69. The summed E-state index contributed by atoms with van der Waals surface area (Å²) in [5.41, 5.74) is 0. The molecule has 0 saturated carbocycles. The van der Waals surface area contributed by atoms with Crippen molar-refractivity contribution in [2.24, 2.45) is 0 Å². The summed E-state index contributed by atoms with van der Waals surface area (Å²) in [4.78, 5) is 2.35. The van der Waals surface area contributed by atoms with Crippen LogP contribution < -0.4 is 5.32 Å². The van der Waals surface area contributed by atoms with Crippen LogP contribution in [0.3, 0.4) is 0 Å². The lowest BCUT2D eigenvalue weighted by Crippen LogP contribution is -2.42. The minimum atomic E-state index is -2.75. The van der Waals surface area contributed by atoms with Gasteiger partial charge in [-0.3, -0.25) is 4.90 Å². The smallest absolute Gasteiger partial charge is 0.151 e. The monoisotopic (exact) mass is 248 g/mol. The zero-order valence-electron chi connectivity index (χ0n) is 9.52. The number of sulfone groups is 1. The fourth-order valence-electron chi connectivity index (χ4n) is 2.21. The van der Waals surface area contributed by atoms with E-state index in [0.717, 1.165) is 45.8 Å². The minimum Gasteiger partial charge on any atom is -0.379 e. The van der Waals surface area contributed by atoms with Gasteiger partial charge < -0.3 is 10.1 Å². The third-order valence-electron chi connectivity index (χ3n) is 3.20. The Kier molecular flexibility index (Phi) is 4.18. The molecular formula is C10H20N2O3S. The molecule has 2 aliphatic rings. The van der Waals surface area contributed by atoms with Gasteiger partial charge in [0.25, 0.3) is 0 Å². The lowest BCUT2D eigenvalue weighted by atomic mass is 10.2. The number of nitrogens with one attached hydrogen (secondary N) is 1. The molecule has 0 aromatic rings. The first kappa shape index (κ1) is 12.3. The highest BCUT2D eigenvalue weighted by atomic mass is 32.2. The molecule has 16 heavy (non-hydrogen) atoms. The average molecular weight is 248 g/mol.